The van der Waals surface area contributed by atoms with E-state index in [9.17, 15) is 4.79 Å². The third-order valence-corrected chi connectivity index (χ3v) is 2.55. The lowest BCUT2D eigenvalue weighted by Gasteiger charge is -2.03. The van der Waals surface area contributed by atoms with Crippen molar-refractivity contribution < 1.29 is 9.21 Å². The number of hydrogen-bond acceptors (Lipinski definition) is 3. The van der Waals surface area contributed by atoms with Crippen molar-refractivity contribution in [3.05, 3.63) is 53.5 Å². The van der Waals surface area contributed by atoms with Crippen molar-refractivity contribution in [1.82, 2.24) is 0 Å². The van der Waals surface area contributed by atoms with Gasteiger partial charge in [-0.15, -0.1) is 0 Å². The summed E-state index contributed by atoms with van der Waals surface area (Å²) in [5, 5.41) is 0. The molecule has 0 bridgehead atoms. The molecule has 3 heteroatoms. The molecule has 0 aliphatic rings. The van der Waals surface area contributed by atoms with Gasteiger partial charge in [0.2, 0.25) is 0 Å². The Kier molecular flexibility index (Phi) is 2.77. The number of nitrogens with two attached hydrogens (primary N) is 1. The van der Waals surface area contributed by atoms with Gasteiger partial charge in [-0.2, -0.15) is 0 Å². The minimum Gasteiger partial charge on any atom is -0.472 e. The van der Waals surface area contributed by atoms with Gasteiger partial charge in [0, 0.05) is 17.7 Å². The maximum Gasteiger partial charge on any atom is 0.167 e. The van der Waals surface area contributed by atoms with E-state index in [-0.39, 0.29) is 5.78 Å². The van der Waals surface area contributed by atoms with Crippen LogP contribution in [0.2, 0.25) is 0 Å². The summed E-state index contributed by atoms with van der Waals surface area (Å²) in [5.41, 5.74) is 8.92. The molecule has 2 rings (SSSR count). The minimum absolute atomic E-state index is 0.0492. The Labute approximate surface area is 93.9 Å². The summed E-state index contributed by atoms with van der Waals surface area (Å²) in [4.78, 5) is 11.9. The number of benzene rings is 1. The number of Topliss-reactive ketones (excluding diaryl/α,β-unsaturated/α-hetero) is 1. The molecule has 0 radical (unpaired) electrons. The van der Waals surface area contributed by atoms with E-state index in [0.29, 0.717) is 17.7 Å². The van der Waals surface area contributed by atoms with Crippen LogP contribution < -0.4 is 5.73 Å². The number of aryl methyl sites for hydroxylation is 1. The van der Waals surface area contributed by atoms with Crippen molar-refractivity contribution in [2.45, 2.75) is 13.3 Å². The second kappa shape index (κ2) is 4.23. The highest BCUT2D eigenvalue weighted by Crippen LogP contribution is 2.15. The molecule has 2 N–H and O–H groups in total. The van der Waals surface area contributed by atoms with E-state index < -0.39 is 0 Å². The molecule has 1 aromatic carbocycles. The summed E-state index contributed by atoms with van der Waals surface area (Å²) in [7, 11) is 0. The van der Waals surface area contributed by atoms with E-state index >= 15 is 0 Å². The molecule has 0 amide bonds. The van der Waals surface area contributed by atoms with Gasteiger partial charge in [-0.1, -0.05) is 12.1 Å². The zero-order valence-corrected chi connectivity index (χ0v) is 9.07. The van der Waals surface area contributed by atoms with E-state index in [0.717, 1.165) is 11.1 Å². The van der Waals surface area contributed by atoms with Crippen LogP contribution in [0.4, 0.5) is 5.69 Å². The maximum absolute atomic E-state index is 11.9. The number of carbonyl (C=O) groups excluding carboxylic acids is 1. The van der Waals surface area contributed by atoms with E-state index in [1.54, 1.807) is 30.7 Å². The van der Waals surface area contributed by atoms with Gasteiger partial charge in [-0.05, 0) is 30.2 Å². The second-order valence-corrected chi connectivity index (χ2v) is 3.80. The minimum atomic E-state index is 0.0492. The van der Waals surface area contributed by atoms with Gasteiger partial charge in [0.15, 0.2) is 5.78 Å². The Balaban J connectivity index is 2.18. The topological polar surface area (TPSA) is 56.2 Å². The fourth-order valence-corrected chi connectivity index (χ4v) is 1.49. The normalized spacial score (nSPS) is 10.3. The van der Waals surface area contributed by atoms with Gasteiger partial charge in [-0.3, -0.25) is 4.79 Å². The molecular formula is C13H13NO2. The highest BCUT2D eigenvalue weighted by Gasteiger charge is 2.08. The average Bonchev–Trinajstić information content (AvgIpc) is 2.74. The highest BCUT2D eigenvalue weighted by atomic mass is 16.3. The first kappa shape index (κ1) is 10.5. The first-order chi connectivity index (χ1) is 7.66. The molecule has 0 saturated heterocycles. The monoisotopic (exact) mass is 215 g/mol. The van der Waals surface area contributed by atoms with E-state index in [1.807, 2.05) is 13.0 Å². The molecule has 0 atom stereocenters. The third kappa shape index (κ3) is 2.14. The molecule has 0 unspecified atom stereocenters. The van der Waals surface area contributed by atoms with Gasteiger partial charge in [-0.25, -0.2) is 0 Å². The smallest absolute Gasteiger partial charge is 0.167 e. The molecular weight excluding hydrogens is 202 g/mol. The maximum atomic E-state index is 11.9. The van der Waals surface area contributed by atoms with Crippen LogP contribution in [0.1, 0.15) is 21.5 Å². The Hall–Kier alpha value is -2.03. The van der Waals surface area contributed by atoms with Crippen LogP contribution in [0.5, 0.6) is 0 Å². The van der Waals surface area contributed by atoms with Crippen LogP contribution in [0.15, 0.2) is 41.2 Å². The summed E-state index contributed by atoms with van der Waals surface area (Å²) in [6, 6.07) is 7.17. The molecule has 0 saturated carbocycles. The molecule has 0 aliphatic heterocycles. The summed E-state index contributed by atoms with van der Waals surface area (Å²) < 4.78 is 4.92. The number of ketones is 1. The molecule has 0 spiro atoms. The van der Waals surface area contributed by atoms with Crippen molar-refractivity contribution in [2.24, 2.45) is 0 Å². The molecule has 16 heavy (non-hydrogen) atoms. The van der Waals surface area contributed by atoms with Crippen molar-refractivity contribution in [2.75, 3.05) is 5.73 Å². The van der Waals surface area contributed by atoms with Crippen LogP contribution >= 0.6 is 0 Å². The van der Waals surface area contributed by atoms with E-state index in [4.69, 9.17) is 10.2 Å². The highest BCUT2D eigenvalue weighted by molar-refractivity contribution is 5.98. The number of hydrogen-bond donors (Lipinski definition) is 1. The Morgan fingerprint density at radius 2 is 2.19 bits per heavy atom. The summed E-state index contributed by atoms with van der Waals surface area (Å²) >= 11 is 0. The third-order valence-electron chi connectivity index (χ3n) is 2.55. The molecule has 2 aromatic rings. The van der Waals surface area contributed by atoms with Gasteiger partial charge in [0.05, 0.1) is 12.5 Å². The zero-order chi connectivity index (χ0) is 11.5. The number of furan rings is 1. The Morgan fingerprint density at radius 3 is 2.81 bits per heavy atom. The molecule has 82 valence electrons. The predicted octanol–water partition coefficient (Wildman–Crippen LogP) is 2.60. The summed E-state index contributed by atoms with van der Waals surface area (Å²) in [5.74, 6) is 0.0492. The Bertz CT molecular complexity index is 501. The lowest BCUT2D eigenvalue weighted by molar-refractivity contribution is 0.0993. The molecule has 1 heterocycles. The SMILES string of the molecule is Cc1ccc(C(=O)Cc2ccoc2)cc1N. The quantitative estimate of drug-likeness (QED) is 0.632. The van der Waals surface area contributed by atoms with Gasteiger partial charge < -0.3 is 10.2 Å². The van der Waals surface area contributed by atoms with Gasteiger partial charge in [0.1, 0.15) is 0 Å². The standard InChI is InChI=1S/C13H13NO2/c1-9-2-3-11(7-12(9)14)13(15)6-10-4-5-16-8-10/h2-5,7-8H,6,14H2,1H3. The summed E-state index contributed by atoms with van der Waals surface area (Å²) in [6.45, 7) is 1.92. The largest absolute Gasteiger partial charge is 0.472 e. The van der Waals surface area contributed by atoms with Crippen molar-refractivity contribution in [3.8, 4) is 0 Å². The van der Waals surface area contributed by atoms with Crippen LogP contribution in [0.3, 0.4) is 0 Å². The molecule has 1 aromatic heterocycles. The molecule has 0 aliphatic carbocycles. The lowest BCUT2D eigenvalue weighted by Crippen LogP contribution is -2.04. The Morgan fingerprint density at radius 1 is 1.38 bits per heavy atom. The predicted molar refractivity (Wildman–Crippen MR) is 62.3 cm³/mol. The van der Waals surface area contributed by atoms with E-state index in [1.165, 1.54) is 0 Å². The first-order valence-electron chi connectivity index (χ1n) is 5.07. The lowest BCUT2D eigenvalue weighted by atomic mass is 10.0. The summed E-state index contributed by atoms with van der Waals surface area (Å²) in [6.07, 6.45) is 3.49. The average molecular weight is 215 g/mol. The van der Waals surface area contributed by atoms with Crippen LogP contribution in [-0.4, -0.2) is 5.78 Å². The van der Waals surface area contributed by atoms with Gasteiger partial charge >= 0.3 is 0 Å². The van der Waals surface area contributed by atoms with Gasteiger partial charge in [0.25, 0.3) is 0 Å². The fraction of sp³-hybridized carbons (Fsp3) is 0.154. The molecule has 0 fully saturated rings. The zero-order valence-electron chi connectivity index (χ0n) is 9.07. The number of rotatable bonds is 3. The van der Waals surface area contributed by atoms with Crippen LogP contribution in [0, 0.1) is 6.92 Å². The van der Waals surface area contributed by atoms with Crippen LogP contribution in [-0.2, 0) is 6.42 Å². The number of anilines is 1. The first-order valence-corrected chi connectivity index (χ1v) is 5.07. The van der Waals surface area contributed by atoms with E-state index in [2.05, 4.69) is 0 Å². The second-order valence-electron chi connectivity index (χ2n) is 3.80. The number of carbonyl (C=O) groups is 1. The van der Waals surface area contributed by atoms with Crippen molar-refractivity contribution in [1.29, 1.82) is 0 Å². The number of nitrogen functional groups attached to an aromatic ring is 1. The van der Waals surface area contributed by atoms with Crippen molar-refractivity contribution in [3.63, 3.8) is 0 Å². The van der Waals surface area contributed by atoms with Crippen LogP contribution in [0.25, 0.3) is 0 Å². The molecule has 3 nitrogen and oxygen atoms in total. The fourth-order valence-electron chi connectivity index (χ4n) is 1.49. The van der Waals surface area contributed by atoms with Crippen molar-refractivity contribution >= 4 is 11.5 Å².